The molecule has 4 aliphatic carbocycles. The fourth-order valence-corrected chi connectivity index (χ4v) is 7.06. The van der Waals surface area contributed by atoms with E-state index in [9.17, 15) is 14.4 Å². The van der Waals surface area contributed by atoms with Crippen LogP contribution in [0.5, 0.6) is 0 Å². The summed E-state index contributed by atoms with van der Waals surface area (Å²) in [4.78, 5) is 39.3. The number of hydrogen-bond acceptors (Lipinski definition) is 5. The van der Waals surface area contributed by atoms with Crippen molar-refractivity contribution < 1.29 is 14.4 Å². The van der Waals surface area contributed by atoms with Gasteiger partial charge in [0, 0.05) is 16.6 Å². The highest BCUT2D eigenvalue weighted by molar-refractivity contribution is 8.04. The van der Waals surface area contributed by atoms with Crippen LogP contribution >= 0.6 is 11.8 Å². The molecule has 0 atom stereocenters. The molecular formula is C23H26N2O3S. The Bertz CT molecular complexity index is 894. The first-order valence-electron chi connectivity index (χ1n) is 10.6. The van der Waals surface area contributed by atoms with Gasteiger partial charge in [-0.25, -0.2) is 0 Å². The number of fused-ring (bicyclic) bond motifs is 1. The van der Waals surface area contributed by atoms with Crippen LogP contribution in [-0.4, -0.2) is 23.5 Å². The number of amides is 1. The van der Waals surface area contributed by atoms with E-state index in [1.54, 1.807) is 0 Å². The molecule has 1 amide bonds. The van der Waals surface area contributed by atoms with Gasteiger partial charge in [0.05, 0.1) is 17.0 Å². The monoisotopic (exact) mass is 410 g/mol. The molecule has 152 valence electrons. The molecular weight excluding hydrogens is 384 g/mol. The van der Waals surface area contributed by atoms with Crippen molar-refractivity contribution in [3.8, 4) is 0 Å². The smallest absolute Gasteiger partial charge is 0.288 e. The topological polar surface area (TPSA) is 75.3 Å². The Kier molecular flexibility index (Phi) is 4.77. The number of thioether (sulfide) groups is 1. The molecule has 5 aliphatic rings. The zero-order chi connectivity index (χ0) is 20.1. The minimum absolute atomic E-state index is 0.118. The Morgan fingerprint density at radius 3 is 2.38 bits per heavy atom. The molecule has 1 aliphatic heterocycles. The molecule has 0 saturated heterocycles. The van der Waals surface area contributed by atoms with Crippen molar-refractivity contribution in [2.75, 3.05) is 5.32 Å². The molecule has 0 aromatic heterocycles. The predicted molar refractivity (Wildman–Crippen MR) is 112 cm³/mol. The molecule has 0 radical (unpaired) electrons. The van der Waals surface area contributed by atoms with Gasteiger partial charge in [-0.3, -0.25) is 14.4 Å². The number of carbonyl (C=O) groups is 3. The summed E-state index contributed by atoms with van der Waals surface area (Å²) in [7, 11) is 0. The van der Waals surface area contributed by atoms with Crippen LogP contribution in [0, 0.1) is 23.7 Å². The van der Waals surface area contributed by atoms with Crippen molar-refractivity contribution in [3.05, 3.63) is 34.9 Å². The lowest BCUT2D eigenvalue weighted by atomic mass is 9.54. The number of Topliss-reactive ketones (excluding diaryl/α,β-unsaturated/α-hetero) is 2. The van der Waals surface area contributed by atoms with Crippen molar-refractivity contribution in [2.45, 2.75) is 56.4 Å². The summed E-state index contributed by atoms with van der Waals surface area (Å²) >= 11 is 1.36. The summed E-state index contributed by atoms with van der Waals surface area (Å²) in [6, 6.07) is 7.86. The van der Waals surface area contributed by atoms with Gasteiger partial charge in [-0.15, -0.1) is 0 Å². The molecule has 1 aromatic carbocycles. The first kappa shape index (κ1) is 18.9. The average molecular weight is 411 g/mol. The van der Waals surface area contributed by atoms with E-state index in [0.717, 1.165) is 28.1 Å². The summed E-state index contributed by atoms with van der Waals surface area (Å²) in [5.41, 5.74) is 1.69. The molecule has 29 heavy (non-hydrogen) atoms. The Morgan fingerprint density at radius 1 is 1.03 bits per heavy atom. The van der Waals surface area contributed by atoms with Gasteiger partial charge in [-0.05, 0) is 74.8 Å². The number of carbonyl (C=O) groups excluding carboxylic acids is 3. The SMILES string of the molecule is CC1=C(C(=O)CC(=O)C(=O)NC2C3CC4CC(C3)CC2C4)Sc2ccccc2N1. The first-order chi connectivity index (χ1) is 14.0. The van der Waals surface area contributed by atoms with E-state index in [2.05, 4.69) is 10.6 Å². The molecule has 1 aromatic rings. The van der Waals surface area contributed by atoms with Crippen molar-refractivity contribution in [2.24, 2.45) is 23.7 Å². The van der Waals surface area contributed by atoms with E-state index < -0.39 is 11.7 Å². The largest absolute Gasteiger partial charge is 0.357 e. The van der Waals surface area contributed by atoms with Crippen molar-refractivity contribution in [1.29, 1.82) is 0 Å². The zero-order valence-corrected chi connectivity index (χ0v) is 17.4. The van der Waals surface area contributed by atoms with Crippen LogP contribution in [-0.2, 0) is 14.4 Å². The molecule has 4 saturated carbocycles. The van der Waals surface area contributed by atoms with E-state index in [4.69, 9.17) is 0 Å². The van der Waals surface area contributed by atoms with Crippen LogP contribution in [0.3, 0.4) is 0 Å². The summed E-state index contributed by atoms with van der Waals surface area (Å²) in [5, 5.41) is 6.24. The predicted octanol–water partition coefficient (Wildman–Crippen LogP) is 3.90. The number of anilines is 1. The Hall–Kier alpha value is -2.08. The highest BCUT2D eigenvalue weighted by atomic mass is 32.2. The number of para-hydroxylation sites is 1. The molecule has 4 bridgehead atoms. The maximum Gasteiger partial charge on any atom is 0.288 e. The standard InChI is InChI=1S/C23H26N2O3S/c1-12-22(29-20-5-3-2-4-17(20)24-12)18(26)11-19(27)23(28)25-21-15-7-13-6-14(9-15)10-16(21)8-13/h2-5,13-16,21,24H,6-11H2,1H3,(H,25,28). The van der Waals surface area contributed by atoms with Gasteiger partial charge in [-0.2, -0.15) is 0 Å². The third kappa shape index (κ3) is 3.52. The van der Waals surface area contributed by atoms with E-state index in [1.165, 1.54) is 43.9 Å². The van der Waals surface area contributed by atoms with Crippen molar-refractivity contribution in [3.63, 3.8) is 0 Å². The summed E-state index contributed by atoms with van der Waals surface area (Å²) in [5.74, 6) is 1.16. The van der Waals surface area contributed by atoms with E-state index in [1.807, 2.05) is 31.2 Å². The average Bonchev–Trinajstić information content (AvgIpc) is 2.69. The lowest BCUT2D eigenvalue weighted by molar-refractivity contribution is -0.141. The summed E-state index contributed by atoms with van der Waals surface area (Å²) in [6.07, 6.45) is 5.70. The molecule has 4 fully saturated rings. The number of rotatable bonds is 5. The minimum atomic E-state index is -0.622. The fraction of sp³-hybridized carbons (Fsp3) is 0.522. The van der Waals surface area contributed by atoms with Crippen LogP contribution in [0.15, 0.2) is 39.8 Å². The molecule has 6 heteroatoms. The third-order valence-corrected chi connectivity index (χ3v) is 8.43. The maximum absolute atomic E-state index is 12.8. The Labute approximate surface area is 175 Å². The van der Waals surface area contributed by atoms with Gasteiger partial charge in [-0.1, -0.05) is 23.9 Å². The Balaban J connectivity index is 1.21. The quantitative estimate of drug-likeness (QED) is 0.569. The molecule has 2 N–H and O–H groups in total. The van der Waals surface area contributed by atoms with Crippen LogP contribution in [0.1, 0.15) is 45.4 Å². The van der Waals surface area contributed by atoms with Gasteiger partial charge in [0.15, 0.2) is 5.78 Å². The third-order valence-electron chi connectivity index (χ3n) is 7.11. The number of allylic oxidation sites excluding steroid dienone is 2. The number of hydrogen-bond donors (Lipinski definition) is 2. The Morgan fingerprint density at radius 2 is 1.69 bits per heavy atom. The van der Waals surface area contributed by atoms with Crippen molar-refractivity contribution >= 4 is 34.9 Å². The summed E-state index contributed by atoms with van der Waals surface area (Å²) < 4.78 is 0. The van der Waals surface area contributed by atoms with Gasteiger partial charge in [0.25, 0.3) is 5.91 Å². The van der Waals surface area contributed by atoms with Gasteiger partial charge in [0.1, 0.15) is 0 Å². The normalized spacial score (nSPS) is 31.8. The lowest BCUT2D eigenvalue weighted by Gasteiger charge is -2.54. The maximum atomic E-state index is 12.8. The fourth-order valence-electron chi connectivity index (χ4n) is 6.07. The van der Waals surface area contributed by atoms with Crippen LogP contribution < -0.4 is 10.6 Å². The van der Waals surface area contributed by atoms with Crippen LogP contribution in [0.25, 0.3) is 0 Å². The summed E-state index contributed by atoms with van der Waals surface area (Å²) in [6.45, 7) is 1.83. The van der Waals surface area contributed by atoms with Crippen LogP contribution in [0.4, 0.5) is 5.69 Å². The zero-order valence-electron chi connectivity index (χ0n) is 16.6. The van der Waals surface area contributed by atoms with Crippen LogP contribution in [0.2, 0.25) is 0 Å². The van der Waals surface area contributed by atoms with Gasteiger partial charge in [0.2, 0.25) is 5.78 Å². The number of nitrogens with one attached hydrogen (secondary N) is 2. The molecule has 5 nitrogen and oxygen atoms in total. The molecule has 1 heterocycles. The van der Waals surface area contributed by atoms with Gasteiger partial charge >= 0.3 is 0 Å². The molecule has 6 rings (SSSR count). The highest BCUT2D eigenvalue weighted by Gasteiger charge is 2.48. The number of benzene rings is 1. The van der Waals surface area contributed by atoms with E-state index in [-0.39, 0.29) is 18.2 Å². The van der Waals surface area contributed by atoms with Gasteiger partial charge < -0.3 is 10.6 Å². The second-order valence-corrected chi connectivity index (χ2v) is 10.2. The first-order valence-corrected chi connectivity index (χ1v) is 11.4. The molecule has 0 spiro atoms. The second kappa shape index (κ2) is 7.31. The highest BCUT2D eigenvalue weighted by Crippen LogP contribution is 2.53. The van der Waals surface area contributed by atoms with Crippen molar-refractivity contribution in [1.82, 2.24) is 5.32 Å². The molecule has 0 unspecified atom stereocenters. The van der Waals surface area contributed by atoms with E-state index in [0.29, 0.717) is 16.7 Å². The second-order valence-electron chi connectivity index (χ2n) is 9.13. The lowest BCUT2D eigenvalue weighted by Crippen LogP contribution is -2.56. The van der Waals surface area contributed by atoms with E-state index >= 15 is 0 Å². The minimum Gasteiger partial charge on any atom is -0.357 e. The number of ketones is 2.